The molecule has 0 saturated heterocycles. The van der Waals surface area contributed by atoms with Gasteiger partial charge in [0.15, 0.2) is 0 Å². The third kappa shape index (κ3) is 6.92. The van der Waals surface area contributed by atoms with Crippen LogP contribution >= 0.6 is 0 Å². The minimum absolute atomic E-state index is 0.612. The molecule has 1 aromatic carbocycles. The molecule has 0 amide bonds. The molecule has 0 aliphatic heterocycles. The Bertz CT molecular complexity index is 636. The number of nitrogens with zero attached hydrogens (tertiary/aromatic N) is 1. The molecule has 0 radical (unpaired) electrons. The lowest BCUT2D eigenvalue weighted by Crippen LogP contribution is -2.24. The van der Waals surface area contributed by atoms with Crippen molar-refractivity contribution in [1.82, 2.24) is 4.90 Å². The summed E-state index contributed by atoms with van der Waals surface area (Å²) < 4.78 is 0. The quantitative estimate of drug-likeness (QED) is 0.381. The molecule has 1 nitrogen and oxygen atoms in total. The van der Waals surface area contributed by atoms with Gasteiger partial charge in [0.25, 0.3) is 0 Å². The van der Waals surface area contributed by atoms with Gasteiger partial charge in [-0.3, -0.25) is 0 Å². The normalized spacial score (nSPS) is 17.8. The van der Waals surface area contributed by atoms with Crippen molar-refractivity contribution in [2.45, 2.75) is 85.5 Å². The van der Waals surface area contributed by atoms with E-state index in [-0.39, 0.29) is 0 Å². The number of benzene rings is 1. The maximum atomic E-state index is 2.54. The molecule has 156 valence electrons. The summed E-state index contributed by atoms with van der Waals surface area (Å²) in [6.07, 6.45) is 15.8. The second-order valence-electron chi connectivity index (χ2n) is 8.70. The van der Waals surface area contributed by atoms with Gasteiger partial charge in [0.1, 0.15) is 0 Å². The Hall–Kier alpha value is -1.34. The largest absolute Gasteiger partial charge is 0.304 e. The molecule has 0 fully saturated rings. The Balaban J connectivity index is 1.91. The van der Waals surface area contributed by atoms with Gasteiger partial charge in [-0.2, -0.15) is 0 Å². The number of allylic oxidation sites excluding steroid dienone is 4. The molecule has 0 spiro atoms. The lowest BCUT2D eigenvalue weighted by Gasteiger charge is -2.21. The average molecular weight is 382 g/mol. The summed E-state index contributed by atoms with van der Waals surface area (Å²) >= 11 is 0. The lowest BCUT2D eigenvalue weighted by molar-refractivity contribution is 0.286. The van der Waals surface area contributed by atoms with Gasteiger partial charge in [-0.1, -0.05) is 77.5 Å². The third-order valence-corrected chi connectivity index (χ3v) is 6.53. The second kappa shape index (κ2) is 12.3. The Morgan fingerprint density at radius 2 is 1.82 bits per heavy atom. The molecule has 0 bridgehead atoms. The zero-order valence-corrected chi connectivity index (χ0v) is 19.1. The van der Waals surface area contributed by atoms with E-state index in [4.69, 9.17) is 0 Å². The van der Waals surface area contributed by atoms with Gasteiger partial charge in [0.2, 0.25) is 0 Å². The third-order valence-electron chi connectivity index (χ3n) is 6.53. The molecule has 2 atom stereocenters. The van der Waals surface area contributed by atoms with Crippen molar-refractivity contribution in [2.24, 2.45) is 5.92 Å². The van der Waals surface area contributed by atoms with E-state index >= 15 is 0 Å². The van der Waals surface area contributed by atoms with Gasteiger partial charge in [0.05, 0.1) is 0 Å². The van der Waals surface area contributed by atoms with E-state index in [2.05, 4.69) is 75.9 Å². The zero-order valence-electron chi connectivity index (χ0n) is 19.1. The molecule has 0 N–H and O–H groups in total. The summed E-state index contributed by atoms with van der Waals surface area (Å²) in [5, 5.41) is 0. The van der Waals surface area contributed by atoms with E-state index in [0.29, 0.717) is 5.92 Å². The number of aryl methyl sites for hydroxylation is 1. The Morgan fingerprint density at radius 1 is 1.07 bits per heavy atom. The molecule has 1 heteroatoms. The number of rotatable bonds is 11. The molecule has 1 aromatic rings. The van der Waals surface area contributed by atoms with Crippen LogP contribution in [0.25, 0.3) is 5.57 Å². The van der Waals surface area contributed by atoms with Crippen LogP contribution in [0, 0.1) is 5.92 Å². The summed E-state index contributed by atoms with van der Waals surface area (Å²) in [5.74, 6) is 1.45. The van der Waals surface area contributed by atoms with E-state index in [1.807, 2.05) is 0 Å². The molecule has 28 heavy (non-hydrogen) atoms. The van der Waals surface area contributed by atoms with E-state index in [0.717, 1.165) is 18.8 Å². The van der Waals surface area contributed by atoms with Crippen molar-refractivity contribution in [3.8, 4) is 0 Å². The molecule has 2 unspecified atom stereocenters. The molecule has 0 heterocycles. The van der Waals surface area contributed by atoms with Crippen molar-refractivity contribution in [2.75, 3.05) is 19.6 Å². The standard InChI is InChI=1S/C27H43N/c1-6-24-18-19-26-25(16-10-9-15-23(5)27(26)21-24)17-11-13-22(4)14-12-20-28(7-2)8-3/h9-10,16,18-19,21-23H,6-8,11-15,17,20H2,1-5H3. The minimum Gasteiger partial charge on any atom is -0.304 e. The van der Waals surface area contributed by atoms with Gasteiger partial charge < -0.3 is 4.90 Å². The molecule has 1 aliphatic rings. The summed E-state index contributed by atoms with van der Waals surface area (Å²) in [6.45, 7) is 15.3. The highest BCUT2D eigenvalue weighted by Gasteiger charge is 2.15. The van der Waals surface area contributed by atoms with Crippen LogP contribution in [0.3, 0.4) is 0 Å². The van der Waals surface area contributed by atoms with Crippen LogP contribution in [-0.2, 0) is 6.42 Å². The number of hydrogen-bond donors (Lipinski definition) is 0. The summed E-state index contributed by atoms with van der Waals surface area (Å²) in [7, 11) is 0. The molecule has 2 rings (SSSR count). The lowest BCUT2D eigenvalue weighted by atomic mass is 9.84. The van der Waals surface area contributed by atoms with Gasteiger partial charge >= 0.3 is 0 Å². The predicted molar refractivity (Wildman–Crippen MR) is 126 cm³/mol. The molecule has 0 saturated carbocycles. The SMILES string of the molecule is CCc1ccc2c(c1)C(C)CC=CC=C2CCCC(C)CCCN(CC)CC. The fourth-order valence-electron chi connectivity index (χ4n) is 4.42. The van der Waals surface area contributed by atoms with Crippen LogP contribution in [0.4, 0.5) is 0 Å². The van der Waals surface area contributed by atoms with Crippen LogP contribution in [0.1, 0.15) is 95.8 Å². The van der Waals surface area contributed by atoms with Gasteiger partial charge in [0, 0.05) is 0 Å². The van der Waals surface area contributed by atoms with Crippen molar-refractivity contribution in [3.05, 3.63) is 53.1 Å². The number of hydrogen-bond acceptors (Lipinski definition) is 1. The summed E-state index contributed by atoms with van der Waals surface area (Å²) in [4.78, 5) is 2.54. The zero-order chi connectivity index (χ0) is 20.4. The first-order valence-corrected chi connectivity index (χ1v) is 11.8. The Morgan fingerprint density at radius 3 is 2.54 bits per heavy atom. The first-order valence-electron chi connectivity index (χ1n) is 11.8. The predicted octanol–water partition coefficient (Wildman–Crippen LogP) is 7.62. The molecular formula is C27H43N. The van der Waals surface area contributed by atoms with Crippen LogP contribution in [0.15, 0.2) is 36.4 Å². The fourth-order valence-corrected chi connectivity index (χ4v) is 4.42. The Kier molecular flexibility index (Phi) is 10.1. The van der Waals surface area contributed by atoms with Gasteiger partial charge in [-0.25, -0.2) is 0 Å². The fraction of sp³-hybridized carbons (Fsp3) is 0.630. The second-order valence-corrected chi connectivity index (χ2v) is 8.70. The monoisotopic (exact) mass is 381 g/mol. The summed E-state index contributed by atoms with van der Waals surface area (Å²) in [6, 6.07) is 7.19. The van der Waals surface area contributed by atoms with Crippen LogP contribution in [0.2, 0.25) is 0 Å². The molecule has 1 aliphatic carbocycles. The first-order chi connectivity index (χ1) is 13.6. The minimum atomic E-state index is 0.612. The molecular weight excluding hydrogens is 338 g/mol. The highest BCUT2D eigenvalue weighted by molar-refractivity contribution is 5.71. The Labute approximate surface area is 174 Å². The van der Waals surface area contributed by atoms with E-state index < -0.39 is 0 Å². The maximum Gasteiger partial charge on any atom is -0.00189 e. The highest BCUT2D eigenvalue weighted by atomic mass is 15.1. The van der Waals surface area contributed by atoms with Crippen LogP contribution in [-0.4, -0.2) is 24.5 Å². The molecule has 0 aromatic heterocycles. The van der Waals surface area contributed by atoms with Crippen LogP contribution < -0.4 is 0 Å². The van der Waals surface area contributed by atoms with E-state index in [1.54, 1.807) is 5.56 Å². The van der Waals surface area contributed by atoms with E-state index in [1.165, 1.54) is 68.4 Å². The first kappa shape index (κ1) is 22.9. The number of fused-ring (bicyclic) bond motifs is 1. The maximum absolute atomic E-state index is 2.54. The smallest absolute Gasteiger partial charge is 0.00189 e. The van der Waals surface area contributed by atoms with Crippen molar-refractivity contribution < 1.29 is 0 Å². The highest BCUT2D eigenvalue weighted by Crippen LogP contribution is 2.34. The topological polar surface area (TPSA) is 3.24 Å². The van der Waals surface area contributed by atoms with E-state index in [9.17, 15) is 0 Å². The van der Waals surface area contributed by atoms with Gasteiger partial charge in [-0.05, 0) is 92.3 Å². The van der Waals surface area contributed by atoms with Crippen molar-refractivity contribution in [1.29, 1.82) is 0 Å². The average Bonchev–Trinajstić information content (AvgIpc) is 2.71. The van der Waals surface area contributed by atoms with Crippen molar-refractivity contribution in [3.63, 3.8) is 0 Å². The van der Waals surface area contributed by atoms with Crippen molar-refractivity contribution >= 4 is 5.57 Å². The van der Waals surface area contributed by atoms with Gasteiger partial charge in [-0.15, -0.1) is 0 Å². The van der Waals surface area contributed by atoms with Crippen LogP contribution in [0.5, 0.6) is 0 Å². The summed E-state index contributed by atoms with van der Waals surface area (Å²) in [5.41, 5.74) is 6.07.